The first kappa shape index (κ1) is 22.5. The van der Waals surface area contributed by atoms with Crippen molar-refractivity contribution in [3.8, 4) is 17.2 Å². The normalized spacial score (nSPS) is 16.4. The summed E-state index contributed by atoms with van der Waals surface area (Å²) < 4.78 is 50.8. The van der Waals surface area contributed by atoms with Crippen LogP contribution in [0.25, 0.3) is 0 Å². The largest absolute Gasteiger partial charge is 0.494 e. The van der Waals surface area contributed by atoms with Crippen molar-refractivity contribution in [2.75, 3.05) is 13.2 Å². The fourth-order valence-corrected chi connectivity index (χ4v) is 3.09. The van der Waals surface area contributed by atoms with Crippen LogP contribution < -0.4 is 20.1 Å². The molecular formula is C22H23F3N2O4. The highest BCUT2D eigenvalue weighted by Crippen LogP contribution is 2.34. The van der Waals surface area contributed by atoms with Crippen molar-refractivity contribution in [1.82, 2.24) is 10.6 Å². The maximum atomic E-state index is 13.2. The summed E-state index contributed by atoms with van der Waals surface area (Å²) in [5.41, 5.74) is -1.22. The smallest absolute Gasteiger partial charge is 0.416 e. The first-order valence-corrected chi connectivity index (χ1v) is 9.96. The molecule has 1 heterocycles. The monoisotopic (exact) mass is 436 g/mol. The maximum Gasteiger partial charge on any atom is 0.416 e. The fraction of sp³-hybridized carbons (Fsp3) is 0.364. The van der Waals surface area contributed by atoms with E-state index in [4.69, 9.17) is 9.47 Å². The third-order valence-corrected chi connectivity index (χ3v) is 4.66. The number of hydrogen-bond donors (Lipinski definition) is 2. The number of halogens is 3. The summed E-state index contributed by atoms with van der Waals surface area (Å²) in [5.74, 6) is 0.00370. The van der Waals surface area contributed by atoms with Crippen molar-refractivity contribution < 1.29 is 32.2 Å². The van der Waals surface area contributed by atoms with Crippen molar-refractivity contribution in [3.05, 3.63) is 53.6 Å². The Kier molecular flexibility index (Phi) is 7.04. The topological polar surface area (TPSA) is 76.7 Å². The summed E-state index contributed by atoms with van der Waals surface area (Å²) in [6.07, 6.45) is -3.20. The zero-order valence-electron chi connectivity index (χ0n) is 16.9. The van der Waals surface area contributed by atoms with Crippen LogP contribution in [0, 0.1) is 0 Å². The number of amides is 2. The summed E-state index contributed by atoms with van der Waals surface area (Å²) >= 11 is 0. The van der Waals surface area contributed by atoms with Crippen molar-refractivity contribution in [2.24, 2.45) is 0 Å². The second-order valence-corrected chi connectivity index (χ2v) is 7.14. The van der Waals surface area contributed by atoms with Gasteiger partial charge in [-0.25, -0.2) is 0 Å². The lowest BCUT2D eigenvalue weighted by molar-refractivity contribution is -0.137. The lowest BCUT2D eigenvalue weighted by Crippen LogP contribution is -2.45. The number of nitrogens with one attached hydrogen (secondary N) is 2. The second-order valence-electron chi connectivity index (χ2n) is 7.14. The lowest BCUT2D eigenvalue weighted by atomic mass is 10.0. The Morgan fingerprint density at radius 1 is 1.16 bits per heavy atom. The summed E-state index contributed by atoms with van der Waals surface area (Å²) in [5, 5.41) is 5.28. The van der Waals surface area contributed by atoms with E-state index in [-0.39, 0.29) is 23.6 Å². The van der Waals surface area contributed by atoms with E-state index in [0.29, 0.717) is 31.1 Å². The van der Waals surface area contributed by atoms with E-state index in [1.807, 2.05) is 6.92 Å². The minimum atomic E-state index is -4.61. The minimum Gasteiger partial charge on any atom is -0.494 e. The van der Waals surface area contributed by atoms with E-state index in [1.54, 1.807) is 24.3 Å². The van der Waals surface area contributed by atoms with Crippen molar-refractivity contribution in [1.29, 1.82) is 0 Å². The van der Waals surface area contributed by atoms with Gasteiger partial charge in [-0.1, -0.05) is 6.92 Å². The van der Waals surface area contributed by atoms with Crippen molar-refractivity contribution in [2.45, 2.75) is 38.4 Å². The SMILES string of the molecule is CCCOc1ccc(Oc2ccc(C(F)(F)F)cc2C(=O)NC2CCNC(=O)C2)cc1. The molecule has 2 N–H and O–H groups in total. The number of carbonyl (C=O) groups excluding carboxylic acids is 2. The van der Waals surface area contributed by atoms with Gasteiger partial charge in [0.1, 0.15) is 17.2 Å². The molecule has 2 amide bonds. The fourth-order valence-electron chi connectivity index (χ4n) is 3.09. The van der Waals surface area contributed by atoms with Gasteiger partial charge in [0, 0.05) is 19.0 Å². The summed E-state index contributed by atoms with van der Waals surface area (Å²) in [4.78, 5) is 24.3. The third kappa shape index (κ3) is 6.13. The standard InChI is InChI=1S/C22H23F3N2O4/c1-2-11-30-16-4-6-17(7-5-16)31-19-8-3-14(22(23,24)25)12-18(19)21(29)27-15-9-10-26-20(28)13-15/h3-8,12,15H,2,9-11,13H2,1H3,(H,26,28)(H,27,29). The average Bonchev–Trinajstić information content (AvgIpc) is 2.72. The molecule has 0 bridgehead atoms. The number of rotatable bonds is 7. The predicted octanol–water partition coefficient (Wildman–Crippen LogP) is 4.29. The van der Waals surface area contributed by atoms with E-state index in [0.717, 1.165) is 24.6 Å². The van der Waals surface area contributed by atoms with Gasteiger partial charge in [0.15, 0.2) is 0 Å². The van der Waals surface area contributed by atoms with Gasteiger partial charge in [-0.05, 0) is 55.3 Å². The van der Waals surface area contributed by atoms with Gasteiger partial charge in [-0.3, -0.25) is 9.59 Å². The van der Waals surface area contributed by atoms with Crippen LogP contribution in [0.5, 0.6) is 17.2 Å². The van der Waals surface area contributed by atoms with E-state index in [9.17, 15) is 22.8 Å². The van der Waals surface area contributed by atoms with Crippen molar-refractivity contribution in [3.63, 3.8) is 0 Å². The van der Waals surface area contributed by atoms with Gasteiger partial charge in [0.25, 0.3) is 5.91 Å². The molecule has 0 aliphatic carbocycles. The zero-order valence-corrected chi connectivity index (χ0v) is 16.9. The van der Waals surface area contributed by atoms with Crippen LogP contribution in [0.4, 0.5) is 13.2 Å². The number of ether oxygens (including phenoxy) is 2. The highest BCUT2D eigenvalue weighted by molar-refractivity contribution is 5.97. The Bertz CT molecular complexity index is 929. The molecule has 3 rings (SSSR count). The molecular weight excluding hydrogens is 413 g/mol. The van der Waals surface area contributed by atoms with Crippen LogP contribution >= 0.6 is 0 Å². The number of alkyl halides is 3. The maximum absolute atomic E-state index is 13.2. The molecule has 0 spiro atoms. The van der Waals surface area contributed by atoms with E-state index < -0.39 is 23.7 Å². The first-order valence-electron chi connectivity index (χ1n) is 9.96. The Morgan fingerprint density at radius 2 is 1.87 bits per heavy atom. The molecule has 2 aromatic rings. The summed E-state index contributed by atoms with van der Waals surface area (Å²) in [7, 11) is 0. The number of carbonyl (C=O) groups is 2. The summed E-state index contributed by atoms with van der Waals surface area (Å²) in [6.45, 7) is 2.93. The van der Waals surface area contributed by atoms with Gasteiger partial charge >= 0.3 is 6.18 Å². The van der Waals surface area contributed by atoms with Gasteiger partial charge in [-0.2, -0.15) is 13.2 Å². The molecule has 1 saturated heterocycles. The molecule has 0 aromatic heterocycles. The Morgan fingerprint density at radius 3 is 2.52 bits per heavy atom. The van der Waals surface area contributed by atoms with Crippen molar-refractivity contribution >= 4 is 11.8 Å². The molecule has 0 radical (unpaired) electrons. The minimum absolute atomic E-state index is 0.0204. The Labute approximate surface area is 177 Å². The van der Waals surface area contributed by atoms with Gasteiger partial charge < -0.3 is 20.1 Å². The highest BCUT2D eigenvalue weighted by atomic mass is 19.4. The molecule has 0 saturated carbocycles. The highest BCUT2D eigenvalue weighted by Gasteiger charge is 2.32. The number of piperidine rings is 1. The number of benzene rings is 2. The average molecular weight is 436 g/mol. The van der Waals surface area contributed by atoms with Crippen LogP contribution in [-0.4, -0.2) is 31.0 Å². The number of hydrogen-bond acceptors (Lipinski definition) is 4. The van der Waals surface area contributed by atoms with Gasteiger partial charge in [0.05, 0.1) is 17.7 Å². The molecule has 1 aliphatic heterocycles. The van der Waals surface area contributed by atoms with Crippen LogP contribution in [0.3, 0.4) is 0 Å². The Balaban J connectivity index is 1.83. The molecule has 6 nitrogen and oxygen atoms in total. The molecule has 1 aliphatic rings. The van der Waals surface area contributed by atoms with Crippen LogP contribution in [0.15, 0.2) is 42.5 Å². The third-order valence-electron chi connectivity index (χ3n) is 4.66. The molecule has 31 heavy (non-hydrogen) atoms. The zero-order chi connectivity index (χ0) is 22.4. The van der Waals surface area contributed by atoms with Gasteiger partial charge in [0.2, 0.25) is 5.91 Å². The molecule has 166 valence electrons. The van der Waals surface area contributed by atoms with Gasteiger partial charge in [-0.15, -0.1) is 0 Å². The summed E-state index contributed by atoms with van der Waals surface area (Å²) in [6, 6.07) is 8.84. The molecule has 2 aromatic carbocycles. The molecule has 9 heteroatoms. The first-order chi connectivity index (χ1) is 14.8. The van der Waals surface area contributed by atoms with E-state index in [1.165, 1.54) is 0 Å². The van der Waals surface area contributed by atoms with Crippen LogP contribution in [0.2, 0.25) is 0 Å². The van der Waals surface area contributed by atoms with Crippen LogP contribution in [0.1, 0.15) is 42.1 Å². The quantitative estimate of drug-likeness (QED) is 0.679. The van der Waals surface area contributed by atoms with E-state index in [2.05, 4.69) is 10.6 Å². The molecule has 1 fully saturated rings. The lowest BCUT2D eigenvalue weighted by Gasteiger charge is -2.23. The molecule has 1 unspecified atom stereocenters. The van der Waals surface area contributed by atoms with E-state index >= 15 is 0 Å². The Hall–Kier alpha value is -3.23. The molecule has 1 atom stereocenters. The predicted molar refractivity (Wildman–Crippen MR) is 107 cm³/mol. The second kappa shape index (κ2) is 9.72. The van der Waals surface area contributed by atoms with Crippen LogP contribution in [-0.2, 0) is 11.0 Å².